The molecule has 0 bridgehead atoms. The van der Waals surface area contributed by atoms with E-state index in [1.54, 1.807) is 24.9 Å². The number of benzene rings is 2. The van der Waals surface area contributed by atoms with Gasteiger partial charge in [-0.2, -0.15) is 10.1 Å². The molecule has 2 aromatic heterocycles. The minimum atomic E-state index is -0.446. The van der Waals surface area contributed by atoms with Gasteiger partial charge in [0.05, 0.1) is 26.5 Å². The number of hydrogen-bond acceptors (Lipinski definition) is 7. The Morgan fingerprint density at radius 3 is 2.53 bits per heavy atom. The molecular weight excluding hydrogens is 436 g/mol. The van der Waals surface area contributed by atoms with Gasteiger partial charge in [-0.1, -0.05) is 30.3 Å². The number of aryl methyl sites for hydroxylation is 1. The molecule has 176 valence electrons. The molecule has 0 saturated heterocycles. The maximum atomic E-state index is 13.0. The first-order chi connectivity index (χ1) is 16.4. The summed E-state index contributed by atoms with van der Waals surface area (Å²) < 4.78 is 15.1. The Morgan fingerprint density at radius 2 is 1.82 bits per heavy atom. The summed E-state index contributed by atoms with van der Waals surface area (Å²) in [5.41, 5.74) is 4.41. The maximum absolute atomic E-state index is 13.0. The van der Waals surface area contributed by atoms with E-state index in [-0.39, 0.29) is 5.65 Å². The molecule has 1 N–H and O–H groups in total. The standard InChI is InChI=1S/C24H26N6O4/c1-5-34-18-12-11-17(13-19(18)33-4)14-25-27-23-26-21-20(22(31)29(3)24(32)28(21)2)30(23)15-16-9-7-6-8-10-16/h6-14H,5,15H2,1-4H3,(H,26,27). The zero-order valence-electron chi connectivity index (χ0n) is 19.5. The van der Waals surface area contributed by atoms with Gasteiger partial charge in [-0.15, -0.1) is 0 Å². The van der Waals surface area contributed by atoms with Crippen LogP contribution >= 0.6 is 0 Å². The van der Waals surface area contributed by atoms with E-state index in [4.69, 9.17) is 9.47 Å². The molecule has 0 aliphatic heterocycles. The summed E-state index contributed by atoms with van der Waals surface area (Å²) in [4.78, 5) is 29.9. The number of ether oxygens (including phenoxy) is 2. The van der Waals surface area contributed by atoms with Crippen molar-refractivity contribution in [2.75, 3.05) is 19.1 Å². The first-order valence-corrected chi connectivity index (χ1v) is 10.7. The second kappa shape index (κ2) is 9.65. The van der Waals surface area contributed by atoms with Gasteiger partial charge in [-0.25, -0.2) is 10.2 Å². The molecule has 0 saturated carbocycles. The van der Waals surface area contributed by atoms with Crippen molar-refractivity contribution in [2.24, 2.45) is 19.2 Å². The Labute approximate surface area is 195 Å². The number of methoxy groups -OCH3 is 1. The highest BCUT2D eigenvalue weighted by molar-refractivity contribution is 5.82. The highest BCUT2D eigenvalue weighted by atomic mass is 16.5. The third kappa shape index (κ3) is 4.29. The fraction of sp³-hybridized carbons (Fsp3) is 0.250. The van der Waals surface area contributed by atoms with Gasteiger partial charge in [0.2, 0.25) is 5.95 Å². The Hall–Kier alpha value is -4.34. The summed E-state index contributed by atoms with van der Waals surface area (Å²) in [5, 5.41) is 4.31. The van der Waals surface area contributed by atoms with Crippen molar-refractivity contribution in [3.8, 4) is 11.5 Å². The average Bonchev–Trinajstić information content (AvgIpc) is 3.21. The summed E-state index contributed by atoms with van der Waals surface area (Å²) >= 11 is 0. The molecule has 0 radical (unpaired) electrons. The first kappa shape index (κ1) is 22.8. The number of aromatic nitrogens is 4. The lowest BCUT2D eigenvalue weighted by atomic mass is 10.2. The Morgan fingerprint density at radius 1 is 1.06 bits per heavy atom. The fourth-order valence-corrected chi connectivity index (χ4v) is 3.66. The van der Waals surface area contributed by atoms with Crippen LogP contribution < -0.4 is 26.1 Å². The molecule has 0 spiro atoms. The molecule has 0 aliphatic carbocycles. The third-order valence-electron chi connectivity index (χ3n) is 5.40. The zero-order valence-corrected chi connectivity index (χ0v) is 19.5. The zero-order chi connectivity index (χ0) is 24.2. The van der Waals surface area contributed by atoms with Gasteiger partial charge >= 0.3 is 5.69 Å². The number of hydrazone groups is 1. The van der Waals surface area contributed by atoms with E-state index in [9.17, 15) is 9.59 Å². The van der Waals surface area contributed by atoms with Crippen molar-refractivity contribution in [3.05, 3.63) is 80.5 Å². The average molecular weight is 463 g/mol. The lowest BCUT2D eigenvalue weighted by molar-refractivity contribution is 0.311. The molecule has 0 unspecified atom stereocenters. The minimum absolute atomic E-state index is 0.282. The van der Waals surface area contributed by atoms with E-state index in [2.05, 4.69) is 15.5 Å². The van der Waals surface area contributed by atoms with Crippen LogP contribution in [0.3, 0.4) is 0 Å². The number of hydrogen-bond donors (Lipinski definition) is 1. The van der Waals surface area contributed by atoms with Crippen LogP contribution in [0.15, 0.2) is 63.2 Å². The molecule has 2 heterocycles. The van der Waals surface area contributed by atoms with Crippen molar-refractivity contribution in [2.45, 2.75) is 13.5 Å². The topological polar surface area (TPSA) is 105 Å². The molecule has 2 aromatic carbocycles. The van der Waals surface area contributed by atoms with E-state index in [1.807, 2.05) is 55.5 Å². The quantitative estimate of drug-likeness (QED) is 0.318. The lowest BCUT2D eigenvalue weighted by Gasteiger charge is -2.10. The van der Waals surface area contributed by atoms with Crippen LogP contribution in [-0.4, -0.2) is 38.6 Å². The van der Waals surface area contributed by atoms with Crippen LogP contribution in [0.4, 0.5) is 5.95 Å². The van der Waals surface area contributed by atoms with Crippen LogP contribution in [0, 0.1) is 0 Å². The second-order valence-electron chi connectivity index (χ2n) is 7.60. The van der Waals surface area contributed by atoms with Crippen LogP contribution in [-0.2, 0) is 20.6 Å². The molecule has 10 heteroatoms. The highest BCUT2D eigenvalue weighted by Crippen LogP contribution is 2.27. The Kier molecular flexibility index (Phi) is 6.48. The van der Waals surface area contributed by atoms with E-state index in [0.29, 0.717) is 36.1 Å². The van der Waals surface area contributed by atoms with E-state index in [0.717, 1.165) is 15.7 Å². The number of rotatable bonds is 8. The second-order valence-corrected chi connectivity index (χ2v) is 7.60. The van der Waals surface area contributed by atoms with Crippen molar-refractivity contribution in [1.29, 1.82) is 0 Å². The minimum Gasteiger partial charge on any atom is -0.493 e. The SMILES string of the molecule is CCOc1ccc(C=NNc2nc3c(c(=O)n(C)c(=O)n3C)n2Cc2ccccc2)cc1OC. The maximum Gasteiger partial charge on any atom is 0.332 e. The Bertz CT molecular complexity index is 1470. The molecule has 34 heavy (non-hydrogen) atoms. The predicted octanol–water partition coefficient (Wildman–Crippen LogP) is 2.34. The van der Waals surface area contributed by atoms with Crippen LogP contribution in [0.1, 0.15) is 18.1 Å². The van der Waals surface area contributed by atoms with Crippen molar-refractivity contribution < 1.29 is 9.47 Å². The predicted molar refractivity (Wildman–Crippen MR) is 131 cm³/mol. The molecule has 4 rings (SSSR count). The van der Waals surface area contributed by atoms with Gasteiger partial charge in [0.25, 0.3) is 5.56 Å². The van der Waals surface area contributed by atoms with Gasteiger partial charge in [0.15, 0.2) is 22.7 Å². The summed E-state index contributed by atoms with van der Waals surface area (Å²) in [6.45, 7) is 2.81. The summed E-state index contributed by atoms with van der Waals surface area (Å²) in [6.07, 6.45) is 1.61. The van der Waals surface area contributed by atoms with Crippen molar-refractivity contribution >= 4 is 23.3 Å². The van der Waals surface area contributed by atoms with E-state index >= 15 is 0 Å². The summed E-state index contributed by atoms with van der Waals surface area (Å²) in [5.74, 6) is 1.59. The molecule has 10 nitrogen and oxygen atoms in total. The number of nitrogens with zero attached hydrogens (tertiary/aromatic N) is 5. The summed E-state index contributed by atoms with van der Waals surface area (Å²) in [7, 11) is 4.62. The molecular formula is C24H26N6O4. The van der Waals surface area contributed by atoms with Crippen molar-refractivity contribution in [3.63, 3.8) is 0 Å². The van der Waals surface area contributed by atoms with Gasteiger partial charge in [0.1, 0.15) is 0 Å². The normalized spacial score (nSPS) is 11.3. The molecule has 4 aromatic rings. The van der Waals surface area contributed by atoms with Gasteiger partial charge in [0, 0.05) is 14.1 Å². The van der Waals surface area contributed by atoms with Gasteiger partial charge in [-0.3, -0.25) is 18.5 Å². The van der Waals surface area contributed by atoms with E-state index < -0.39 is 11.2 Å². The van der Waals surface area contributed by atoms with Crippen molar-refractivity contribution in [1.82, 2.24) is 18.7 Å². The molecule has 0 aliphatic rings. The monoisotopic (exact) mass is 462 g/mol. The number of nitrogens with one attached hydrogen (secondary N) is 1. The lowest BCUT2D eigenvalue weighted by Crippen LogP contribution is -2.37. The first-order valence-electron chi connectivity index (χ1n) is 10.7. The molecule has 0 fully saturated rings. The fourth-order valence-electron chi connectivity index (χ4n) is 3.66. The smallest absolute Gasteiger partial charge is 0.332 e. The largest absolute Gasteiger partial charge is 0.493 e. The van der Waals surface area contributed by atoms with Crippen LogP contribution in [0.25, 0.3) is 11.2 Å². The van der Waals surface area contributed by atoms with Crippen LogP contribution in [0.2, 0.25) is 0 Å². The number of anilines is 1. The number of fused-ring (bicyclic) bond motifs is 1. The van der Waals surface area contributed by atoms with Gasteiger partial charge in [-0.05, 0) is 36.2 Å². The van der Waals surface area contributed by atoms with Crippen LogP contribution in [0.5, 0.6) is 11.5 Å². The molecule has 0 atom stereocenters. The number of imidazole rings is 1. The third-order valence-corrected chi connectivity index (χ3v) is 5.40. The Balaban J connectivity index is 1.74. The summed E-state index contributed by atoms with van der Waals surface area (Å²) in [6, 6.07) is 15.2. The van der Waals surface area contributed by atoms with Gasteiger partial charge < -0.3 is 9.47 Å². The van der Waals surface area contributed by atoms with E-state index in [1.165, 1.54) is 11.6 Å². The highest BCUT2D eigenvalue weighted by Gasteiger charge is 2.19. The molecule has 0 amide bonds.